The summed E-state index contributed by atoms with van der Waals surface area (Å²) in [5.41, 5.74) is 1.59. The van der Waals surface area contributed by atoms with E-state index in [1.807, 2.05) is 30.3 Å². The fourth-order valence-corrected chi connectivity index (χ4v) is 2.02. The molecule has 3 aromatic rings. The van der Waals surface area contributed by atoms with Gasteiger partial charge in [0.15, 0.2) is 11.5 Å². The van der Waals surface area contributed by atoms with E-state index in [1.54, 1.807) is 23.1 Å². The average molecular weight is 315 g/mol. The van der Waals surface area contributed by atoms with Gasteiger partial charge in [-0.2, -0.15) is 5.26 Å². The highest BCUT2D eigenvalue weighted by molar-refractivity contribution is 9.10. The molecule has 0 unspecified atom stereocenters. The molecule has 3 rings (SSSR count). The molecule has 0 aliphatic rings. The summed E-state index contributed by atoms with van der Waals surface area (Å²) in [5, 5.41) is 17.0. The number of furan rings is 1. The monoisotopic (exact) mass is 314 g/mol. The van der Waals surface area contributed by atoms with Crippen LogP contribution in [-0.4, -0.2) is 15.0 Å². The highest BCUT2D eigenvalue weighted by atomic mass is 79.9. The fourth-order valence-electron chi connectivity index (χ4n) is 1.75. The zero-order chi connectivity index (χ0) is 13.2. The van der Waals surface area contributed by atoms with E-state index in [0.717, 1.165) is 10.2 Å². The summed E-state index contributed by atoms with van der Waals surface area (Å²) in [6.07, 6.45) is 1.55. The molecule has 5 nitrogen and oxygen atoms in total. The largest absolute Gasteiger partial charge is 0.463 e. The van der Waals surface area contributed by atoms with E-state index < -0.39 is 0 Å². The number of halogens is 1. The van der Waals surface area contributed by atoms with Crippen LogP contribution in [0.1, 0.15) is 5.69 Å². The van der Waals surface area contributed by atoms with Crippen LogP contribution in [-0.2, 0) is 0 Å². The summed E-state index contributed by atoms with van der Waals surface area (Å²) < 4.78 is 7.90. The maximum atomic E-state index is 9.11. The third-order valence-corrected chi connectivity index (χ3v) is 3.13. The van der Waals surface area contributed by atoms with Crippen LogP contribution < -0.4 is 0 Å². The van der Waals surface area contributed by atoms with Crippen molar-refractivity contribution in [3.05, 3.63) is 52.8 Å². The molecule has 1 aromatic carbocycles. The lowest BCUT2D eigenvalue weighted by Crippen LogP contribution is -1.98. The molecule has 19 heavy (non-hydrogen) atoms. The van der Waals surface area contributed by atoms with Crippen molar-refractivity contribution in [2.45, 2.75) is 0 Å². The first kappa shape index (κ1) is 11.7. The summed E-state index contributed by atoms with van der Waals surface area (Å²) >= 11 is 3.38. The van der Waals surface area contributed by atoms with Gasteiger partial charge in [0, 0.05) is 4.47 Å². The number of aromatic nitrogens is 3. The predicted octanol–water partition coefficient (Wildman–Crippen LogP) is 3.16. The maximum absolute atomic E-state index is 9.11. The number of nitrogens with zero attached hydrogens (tertiary/aromatic N) is 4. The third kappa shape index (κ3) is 2.04. The second-order valence-electron chi connectivity index (χ2n) is 3.76. The van der Waals surface area contributed by atoms with Crippen LogP contribution in [0.2, 0.25) is 0 Å². The van der Waals surface area contributed by atoms with Crippen LogP contribution in [0.3, 0.4) is 0 Å². The summed E-state index contributed by atoms with van der Waals surface area (Å²) in [6.45, 7) is 0. The van der Waals surface area contributed by atoms with Crippen molar-refractivity contribution in [1.29, 1.82) is 5.26 Å². The van der Waals surface area contributed by atoms with Crippen LogP contribution in [0.25, 0.3) is 17.1 Å². The van der Waals surface area contributed by atoms with E-state index in [-0.39, 0.29) is 5.69 Å². The predicted molar refractivity (Wildman–Crippen MR) is 71.5 cm³/mol. The van der Waals surface area contributed by atoms with Crippen molar-refractivity contribution in [1.82, 2.24) is 15.0 Å². The molecule has 0 bridgehead atoms. The number of rotatable bonds is 2. The lowest BCUT2D eigenvalue weighted by atomic mass is 10.2. The lowest BCUT2D eigenvalue weighted by molar-refractivity contribution is 0.576. The van der Waals surface area contributed by atoms with E-state index >= 15 is 0 Å². The van der Waals surface area contributed by atoms with Gasteiger partial charge in [0.25, 0.3) is 0 Å². The molecule has 2 heterocycles. The van der Waals surface area contributed by atoms with Gasteiger partial charge in [0.05, 0.1) is 12.0 Å². The van der Waals surface area contributed by atoms with Gasteiger partial charge in [-0.25, -0.2) is 4.68 Å². The third-order valence-electron chi connectivity index (χ3n) is 2.60. The van der Waals surface area contributed by atoms with E-state index in [1.165, 1.54) is 0 Å². The Morgan fingerprint density at radius 1 is 1.21 bits per heavy atom. The lowest BCUT2D eigenvalue weighted by Gasteiger charge is -2.04. The van der Waals surface area contributed by atoms with Crippen molar-refractivity contribution in [2.24, 2.45) is 0 Å². The quantitative estimate of drug-likeness (QED) is 0.728. The van der Waals surface area contributed by atoms with E-state index in [0.29, 0.717) is 11.5 Å². The highest BCUT2D eigenvalue weighted by Crippen LogP contribution is 2.25. The molecule has 0 saturated carbocycles. The molecule has 0 saturated heterocycles. The minimum absolute atomic E-state index is 0.234. The molecule has 6 heteroatoms. The van der Waals surface area contributed by atoms with Crippen molar-refractivity contribution in [3.63, 3.8) is 0 Å². The van der Waals surface area contributed by atoms with Crippen molar-refractivity contribution in [3.8, 4) is 23.2 Å². The smallest absolute Gasteiger partial charge is 0.194 e. The highest BCUT2D eigenvalue weighted by Gasteiger charge is 2.18. The van der Waals surface area contributed by atoms with Gasteiger partial charge >= 0.3 is 0 Å². The number of nitriles is 1. The zero-order valence-electron chi connectivity index (χ0n) is 9.62. The van der Waals surface area contributed by atoms with Crippen molar-refractivity contribution in [2.75, 3.05) is 0 Å². The van der Waals surface area contributed by atoms with E-state index in [4.69, 9.17) is 9.68 Å². The van der Waals surface area contributed by atoms with Crippen molar-refractivity contribution >= 4 is 15.9 Å². The Balaban J connectivity index is 2.20. The Kier molecular flexibility index (Phi) is 2.89. The Morgan fingerprint density at radius 3 is 2.63 bits per heavy atom. The van der Waals surface area contributed by atoms with Crippen LogP contribution in [0.15, 0.2) is 51.6 Å². The molecule has 92 valence electrons. The summed E-state index contributed by atoms with van der Waals surface area (Å²) in [6, 6.07) is 13.1. The second-order valence-corrected chi connectivity index (χ2v) is 4.68. The Hall–Kier alpha value is -2.39. The van der Waals surface area contributed by atoms with Gasteiger partial charge in [0.2, 0.25) is 0 Å². The van der Waals surface area contributed by atoms with Crippen LogP contribution >= 0.6 is 15.9 Å². The van der Waals surface area contributed by atoms with E-state index in [2.05, 4.69) is 26.2 Å². The van der Waals surface area contributed by atoms with Gasteiger partial charge in [-0.05, 0) is 36.4 Å². The first-order valence-electron chi connectivity index (χ1n) is 5.45. The molecule has 0 aliphatic carbocycles. The molecule has 0 amide bonds. The minimum atomic E-state index is 0.234. The summed E-state index contributed by atoms with van der Waals surface area (Å²) in [7, 11) is 0. The van der Waals surface area contributed by atoms with Gasteiger partial charge in [-0.3, -0.25) is 0 Å². The topological polar surface area (TPSA) is 67.6 Å². The van der Waals surface area contributed by atoms with Gasteiger partial charge in [-0.15, -0.1) is 5.10 Å². The molecule has 0 aliphatic heterocycles. The molecule has 2 aromatic heterocycles. The van der Waals surface area contributed by atoms with Gasteiger partial charge in [0.1, 0.15) is 11.8 Å². The molecule has 0 radical (unpaired) electrons. The number of hydrogen-bond donors (Lipinski definition) is 0. The first-order valence-corrected chi connectivity index (χ1v) is 6.24. The van der Waals surface area contributed by atoms with Crippen LogP contribution in [0, 0.1) is 11.3 Å². The van der Waals surface area contributed by atoms with Crippen molar-refractivity contribution < 1.29 is 4.42 Å². The van der Waals surface area contributed by atoms with E-state index in [9.17, 15) is 0 Å². The zero-order valence-corrected chi connectivity index (χ0v) is 11.2. The first-order chi connectivity index (χ1) is 9.29. The minimum Gasteiger partial charge on any atom is -0.463 e. The second kappa shape index (κ2) is 4.71. The van der Waals surface area contributed by atoms with Crippen LogP contribution in [0.5, 0.6) is 0 Å². The molecule has 0 atom stereocenters. The SMILES string of the molecule is N#Cc1nnn(-c2ccc(Br)cc2)c1-c1ccco1. The molecular formula is C13H7BrN4O. The standard InChI is InChI=1S/C13H7BrN4O/c14-9-3-5-10(6-4-9)18-13(11(8-15)16-17-18)12-2-1-7-19-12/h1-7H. The number of benzene rings is 1. The molecule has 0 spiro atoms. The molecule has 0 fully saturated rings. The average Bonchev–Trinajstić information content (AvgIpc) is 3.07. The summed E-state index contributed by atoms with van der Waals surface area (Å²) in [4.78, 5) is 0. The van der Waals surface area contributed by atoms with Gasteiger partial charge in [-0.1, -0.05) is 21.1 Å². The molecule has 0 N–H and O–H groups in total. The normalized spacial score (nSPS) is 10.3. The Bertz CT molecular complexity index is 738. The number of hydrogen-bond acceptors (Lipinski definition) is 4. The summed E-state index contributed by atoms with van der Waals surface area (Å²) in [5.74, 6) is 0.560. The Morgan fingerprint density at radius 2 is 2.00 bits per heavy atom. The fraction of sp³-hybridized carbons (Fsp3) is 0. The maximum Gasteiger partial charge on any atom is 0.194 e. The molecular weight excluding hydrogens is 308 g/mol. The Labute approximate surface area is 117 Å². The van der Waals surface area contributed by atoms with Gasteiger partial charge < -0.3 is 4.42 Å². The van der Waals surface area contributed by atoms with Crippen LogP contribution in [0.4, 0.5) is 0 Å².